The molecular weight excluding hydrogens is 298 g/mol. The summed E-state index contributed by atoms with van der Waals surface area (Å²) >= 11 is 0. The van der Waals surface area contributed by atoms with Crippen LogP contribution in [0.2, 0.25) is 0 Å². The number of carbonyl (C=O) groups excluding carboxylic acids is 1. The predicted octanol–water partition coefficient (Wildman–Crippen LogP) is 3.93. The van der Waals surface area contributed by atoms with Gasteiger partial charge in [0.05, 0.1) is 5.70 Å². The van der Waals surface area contributed by atoms with Gasteiger partial charge in [-0.2, -0.15) is 5.26 Å². The van der Waals surface area contributed by atoms with Crippen LogP contribution in [0.5, 0.6) is 0 Å². The molecule has 0 saturated carbocycles. The highest BCUT2D eigenvalue weighted by atomic mass is 16.1. The standard InChI is InChI=1S/C20H25N3O/c1-20(2,3)17-10-8-15(9-11-17)19(16(13-21)14-24)22-18-7-5-6-12-23(18)4/h8-11,14H,5-7,12H2,1-4H3/b19-16-,22-18-. The van der Waals surface area contributed by atoms with E-state index in [-0.39, 0.29) is 11.0 Å². The number of rotatable bonds is 3. The Bertz CT molecular complexity index is 700. The van der Waals surface area contributed by atoms with Crippen LogP contribution in [0.4, 0.5) is 0 Å². The molecule has 0 atom stereocenters. The number of likely N-dealkylation sites (tertiary alicyclic amines) is 1. The Balaban J connectivity index is 2.49. The van der Waals surface area contributed by atoms with Gasteiger partial charge in [-0.3, -0.25) is 4.79 Å². The number of amidine groups is 1. The molecule has 4 heteroatoms. The normalized spacial score (nSPS) is 18.1. The van der Waals surface area contributed by atoms with Gasteiger partial charge >= 0.3 is 0 Å². The number of allylic oxidation sites excluding steroid dienone is 1. The fourth-order valence-corrected chi connectivity index (χ4v) is 2.77. The van der Waals surface area contributed by atoms with E-state index in [0.717, 1.165) is 37.2 Å². The number of carbonyl (C=O) groups is 1. The van der Waals surface area contributed by atoms with E-state index in [9.17, 15) is 10.1 Å². The van der Waals surface area contributed by atoms with Gasteiger partial charge in [0.1, 0.15) is 17.5 Å². The number of aldehydes is 1. The van der Waals surface area contributed by atoms with Crippen molar-refractivity contribution in [3.8, 4) is 6.07 Å². The van der Waals surface area contributed by atoms with Crippen LogP contribution in [0.1, 0.15) is 51.2 Å². The molecule has 0 spiro atoms. The van der Waals surface area contributed by atoms with Gasteiger partial charge < -0.3 is 4.90 Å². The lowest BCUT2D eigenvalue weighted by molar-refractivity contribution is -0.104. The van der Waals surface area contributed by atoms with Crippen LogP contribution in [0.25, 0.3) is 5.70 Å². The zero-order valence-electron chi connectivity index (χ0n) is 15.0. The minimum atomic E-state index is 0.0562. The third-order valence-corrected chi connectivity index (χ3v) is 4.34. The first-order valence-corrected chi connectivity index (χ1v) is 8.36. The zero-order chi connectivity index (χ0) is 17.7. The molecule has 126 valence electrons. The summed E-state index contributed by atoms with van der Waals surface area (Å²) in [6.07, 6.45) is 3.70. The molecule has 0 unspecified atom stereocenters. The average molecular weight is 323 g/mol. The molecular formula is C20H25N3O. The van der Waals surface area contributed by atoms with E-state index >= 15 is 0 Å². The van der Waals surface area contributed by atoms with Crippen molar-refractivity contribution in [1.82, 2.24) is 4.90 Å². The lowest BCUT2D eigenvalue weighted by Crippen LogP contribution is -2.31. The minimum Gasteiger partial charge on any atom is -0.363 e. The average Bonchev–Trinajstić information content (AvgIpc) is 2.56. The number of hydrogen-bond acceptors (Lipinski definition) is 3. The van der Waals surface area contributed by atoms with E-state index in [4.69, 9.17) is 0 Å². The first-order chi connectivity index (χ1) is 11.4. The maximum atomic E-state index is 11.3. The van der Waals surface area contributed by atoms with Crippen LogP contribution in [0, 0.1) is 11.3 Å². The van der Waals surface area contributed by atoms with Gasteiger partial charge in [0.15, 0.2) is 6.29 Å². The minimum absolute atomic E-state index is 0.0562. The van der Waals surface area contributed by atoms with Crippen LogP contribution >= 0.6 is 0 Å². The van der Waals surface area contributed by atoms with Crippen molar-refractivity contribution < 1.29 is 4.79 Å². The lowest BCUT2D eigenvalue weighted by atomic mass is 9.86. The first-order valence-electron chi connectivity index (χ1n) is 8.36. The molecule has 1 aliphatic heterocycles. The number of nitriles is 1. The predicted molar refractivity (Wildman–Crippen MR) is 97.7 cm³/mol. The molecule has 0 amide bonds. The Morgan fingerprint density at radius 2 is 1.92 bits per heavy atom. The second kappa shape index (κ2) is 7.44. The zero-order valence-corrected chi connectivity index (χ0v) is 15.0. The molecule has 1 fully saturated rings. The SMILES string of the molecule is CN1CCCC/C1=N/C(=C(/C#N)C=O)c1ccc(C(C)(C)C)cc1. The molecule has 1 aromatic rings. The van der Waals surface area contributed by atoms with Crippen molar-refractivity contribution in [3.63, 3.8) is 0 Å². The van der Waals surface area contributed by atoms with Gasteiger partial charge in [-0.05, 0) is 23.8 Å². The topological polar surface area (TPSA) is 56.5 Å². The van der Waals surface area contributed by atoms with Crippen molar-refractivity contribution in [2.75, 3.05) is 13.6 Å². The van der Waals surface area contributed by atoms with Gasteiger partial charge in [-0.1, -0.05) is 45.0 Å². The van der Waals surface area contributed by atoms with Crippen LogP contribution in [0.3, 0.4) is 0 Å². The summed E-state index contributed by atoms with van der Waals surface area (Å²) in [5.41, 5.74) is 2.61. The van der Waals surface area contributed by atoms with Crippen LogP contribution in [-0.2, 0) is 10.2 Å². The van der Waals surface area contributed by atoms with Crippen molar-refractivity contribution >= 4 is 17.8 Å². The second-order valence-corrected chi connectivity index (χ2v) is 7.23. The van der Waals surface area contributed by atoms with Gasteiger partial charge in [0.2, 0.25) is 0 Å². The van der Waals surface area contributed by atoms with Crippen LogP contribution in [0.15, 0.2) is 34.8 Å². The number of piperidine rings is 1. The maximum Gasteiger partial charge on any atom is 0.162 e. The van der Waals surface area contributed by atoms with Gasteiger partial charge in [0.25, 0.3) is 0 Å². The van der Waals surface area contributed by atoms with Crippen molar-refractivity contribution in [1.29, 1.82) is 5.26 Å². The van der Waals surface area contributed by atoms with E-state index in [0.29, 0.717) is 12.0 Å². The monoisotopic (exact) mass is 323 g/mol. The molecule has 0 bridgehead atoms. The van der Waals surface area contributed by atoms with Gasteiger partial charge in [0, 0.05) is 25.6 Å². The summed E-state index contributed by atoms with van der Waals surface area (Å²) in [5.74, 6) is 0.936. The quantitative estimate of drug-likeness (QED) is 0.481. The maximum absolute atomic E-state index is 11.3. The highest BCUT2D eigenvalue weighted by Gasteiger charge is 2.17. The van der Waals surface area contributed by atoms with E-state index in [2.05, 4.69) is 30.7 Å². The first kappa shape index (κ1) is 17.9. The summed E-state index contributed by atoms with van der Waals surface area (Å²) in [5, 5.41) is 9.32. The van der Waals surface area contributed by atoms with Crippen molar-refractivity contribution in [2.45, 2.75) is 45.4 Å². The lowest BCUT2D eigenvalue weighted by Gasteiger charge is -2.26. The summed E-state index contributed by atoms with van der Waals surface area (Å²) in [7, 11) is 2.01. The van der Waals surface area contributed by atoms with E-state index < -0.39 is 0 Å². The smallest absolute Gasteiger partial charge is 0.162 e. The molecule has 0 aliphatic carbocycles. The third-order valence-electron chi connectivity index (χ3n) is 4.34. The third kappa shape index (κ3) is 4.11. The second-order valence-electron chi connectivity index (χ2n) is 7.23. The Morgan fingerprint density at radius 1 is 1.25 bits per heavy atom. The fourth-order valence-electron chi connectivity index (χ4n) is 2.77. The molecule has 0 N–H and O–H groups in total. The number of aliphatic imine (C=N–C) groups is 1. The van der Waals surface area contributed by atoms with Crippen LogP contribution < -0.4 is 0 Å². The molecule has 2 rings (SSSR count). The van der Waals surface area contributed by atoms with Crippen LogP contribution in [-0.4, -0.2) is 30.6 Å². The number of benzene rings is 1. The highest BCUT2D eigenvalue weighted by molar-refractivity contribution is 5.97. The van der Waals surface area contributed by atoms with E-state index in [1.165, 1.54) is 5.56 Å². The molecule has 0 aromatic heterocycles. The Morgan fingerprint density at radius 3 is 2.42 bits per heavy atom. The summed E-state index contributed by atoms with van der Waals surface area (Å²) in [6.45, 7) is 7.42. The molecule has 1 aromatic carbocycles. The Kier molecular flexibility index (Phi) is 5.56. The molecule has 0 radical (unpaired) electrons. The van der Waals surface area contributed by atoms with Crippen molar-refractivity contribution in [3.05, 3.63) is 41.0 Å². The molecule has 1 aliphatic rings. The molecule has 1 heterocycles. The van der Waals surface area contributed by atoms with E-state index in [1.54, 1.807) is 0 Å². The Hall–Kier alpha value is -2.41. The van der Waals surface area contributed by atoms with E-state index in [1.807, 2.05) is 37.4 Å². The molecule has 24 heavy (non-hydrogen) atoms. The molecule has 4 nitrogen and oxygen atoms in total. The largest absolute Gasteiger partial charge is 0.363 e. The van der Waals surface area contributed by atoms with Gasteiger partial charge in [-0.15, -0.1) is 0 Å². The Labute approximate surface area is 144 Å². The summed E-state index contributed by atoms with van der Waals surface area (Å²) < 4.78 is 0. The fraction of sp³-hybridized carbons (Fsp3) is 0.450. The number of hydrogen-bond donors (Lipinski definition) is 0. The number of nitrogens with zero attached hydrogens (tertiary/aromatic N) is 3. The van der Waals surface area contributed by atoms with Gasteiger partial charge in [-0.25, -0.2) is 4.99 Å². The summed E-state index contributed by atoms with van der Waals surface area (Å²) in [6, 6.07) is 9.96. The van der Waals surface area contributed by atoms with Crippen molar-refractivity contribution in [2.24, 2.45) is 4.99 Å². The summed E-state index contributed by atoms with van der Waals surface area (Å²) in [4.78, 5) is 18.1. The highest BCUT2D eigenvalue weighted by Crippen LogP contribution is 2.27. The molecule has 1 saturated heterocycles.